The van der Waals surface area contributed by atoms with Crippen molar-refractivity contribution in [2.24, 2.45) is 15.5 Å². The van der Waals surface area contributed by atoms with E-state index in [-0.39, 0.29) is 48.3 Å². The molecular weight excluding hydrogens is 705 g/mol. The lowest BCUT2D eigenvalue weighted by atomic mass is 9.87. The number of sulfonamides is 1. The van der Waals surface area contributed by atoms with Crippen molar-refractivity contribution in [3.05, 3.63) is 47.8 Å². The molecule has 0 saturated carbocycles. The molecule has 0 aliphatic carbocycles. The zero-order valence-electron chi connectivity index (χ0n) is 31.2. The van der Waals surface area contributed by atoms with Crippen LogP contribution in [-0.4, -0.2) is 89.9 Å². The number of fused-ring (bicyclic) bond motifs is 1. The fraction of sp³-hybridized carbons (Fsp3) is 0.472. The lowest BCUT2D eigenvalue weighted by molar-refractivity contribution is -0.137. The lowest BCUT2D eigenvalue weighted by Crippen LogP contribution is -2.27. The van der Waals surface area contributed by atoms with E-state index >= 15 is 0 Å². The molecule has 4 rings (SSSR count). The van der Waals surface area contributed by atoms with E-state index < -0.39 is 33.5 Å². The first-order valence-electron chi connectivity index (χ1n) is 17.6. The van der Waals surface area contributed by atoms with Gasteiger partial charge in [0.05, 0.1) is 47.3 Å². The van der Waals surface area contributed by atoms with Gasteiger partial charge in [0.2, 0.25) is 15.8 Å². The van der Waals surface area contributed by atoms with Crippen molar-refractivity contribution >= 4 is 62.2 Å². The van der Waals surface area contributed by atoms with Gasteiger partial charge in [0, 0.05) is 36.2 Å². The molecule has 0 spiro atoms. The Kier molecular flexibility index (Phi) is 13.3. The Morgan fingerprint density at radius 1 is 1.00 bits per heavy atom. The molecule has 1 amide bonds. The number of hydrogen-bond donors (Lipinski definition) is 3. The van der Waals surface area contributed by atoms with E-state index in [0.29, 0.717) is 60.7 Å². The maximum atomic E-state index is 12.8. The summed E-state index contributed by atoms with van der Waals surface area (Å²) in [4.78, 5) is 49.7. The van der Waals surface area contributed by atoms with Crippen LogP contribution in [-0.2, 0) is 24.3 Å². The average Bonchev–Trinajstić information content (AvgIpc) is 3.66. The van der Waals surface area contributed by atoms with Crippen molar-refractivity contribution in [1.82, 2.24) is 14.9 Å². The lowest BCUT2D eigenvalue weighted by Gasteiger charge is -2.24. The smallest absolute Gasteiger partial charge is 0.411 e. The standard InChI is InChI=1S/C36H48N8O8S/c1-8-12-18-53(49,50)42-25-20-23(19-24(21-25)34(47)51-10-3)32-39-33-30(31(36(5,6)7)40-44(33)41-32)37-27-16-15-26(22-28(27)38-35(48)52-11-4)43(9-2)17-13-14-29(45)46/h15-16,19-22,42H,8-14,17-18H2,1-7H3,(H,38,48)(H,45,46)/b37-30-. The molecule has 286 valence electrons. The van der Waals surface area contributed by atoms with E-state index in [4.69, 9.17) is 29.7 Å². The number of carbonyl (C=O) groups is 3. The highest BCUT2D eigenvalue weighted by molar-refractivity contribution is 7.92. The second-order valence-electron chi connectivity index (χ2n) is 13.2. The van der Waals surface area contributed by atoms with Crippen LogP contribution in [0.25, 0.3) is 11.4 Å². The number of nitrogens with zero attached hydrogens (tertiary/aromatic N) is 6. The molecule has 0 bridgehead atoms. The maximum Gasteiger partial charge on any atom is 0.411 e. The van der Waals surface area contributed by atoms with Gasteiger partial charge in [-0.2, -0.15) is 5.10 Å². The second-order valence-corrected chi connectivity index (χ2v) is 15.1. The largest absolute Gasteiger partial charge is 0.481 e. The number of carboxylic acid groups (broad SMARTS) is 1. The Hall–Kier alpha value is -5.32. The number of carbonyl (C=O) groups excluding carboxylic acids is 2. The van der Waals surface area contributed by atoms with Gasteiger partial charge in [0.25, 0.3) is 0 Å². The maximum absolute atomic E-state index is 12.8. The molecule has 1 aromatic heterocycles. The number of aromatic nitrogens is 3. The summed E-state index contributed by atoms with van der Waals surface area (Å²) in [5.41, 5.74) is 2.51. The molecule has 1 aliphatic rings. The van der Waals surface area contributed by atoms with Gasteiger partial charge in [0.15, 0.2) is 5.82 Å². The molecule has 3 aromatic rings. The van der Waals surface area contributed by atoms with E-state index in [1.54, 1.807) is 32.0 Å². The van der Waals surface area contributed by atoms with Crippen LogP contribution in [0.4, 0.5) is 27.5 Å². The summed E-state index contributed by atoms with van der Waals surface area (Å²) in [6, 6.07) is 9.80. The van der Waals surface area contributed by atoms with Crippen molar-refractivity contribution in [2.75, 3.05) is 47.0 Å². The van der Waals surface area contributed by atoms with Gasteiger partial charge < -0.3 is 19.5 Å². The molecule has 16 nitrogen and oxygen atoms in total. The minimum atomic E-state index is -3.70. The Balaban J connectivity index is 1.83. The number of unbranched alkanes of at least 4 members (excludes halogenated alkanes) is 1. The molecule has 2 aromatic carbocycles. The number of esters is 1. The molecular formula is C36H48N8O8S. The number of nitrogens with one attached hydrogen (secondary N) is 2. The van der Waals surface area contributed by atoms with Crippen LogP contribution in [0.3, 0.4) is 0 Å². The molecule has 1 aliphatic heterocycles. The molecule has 0 radical (unpaired) electrons. The summed E-state index contributed by atoms with van der Waals surface area (Å²) in [6.45, 7) is 14.5. The monoisotopic (exact) mass is 752 g/mol. The molecule has 3 N–H and O–H groups in total. The van der Waals surface area contributed by atoms with Gasteiger partial charge >= 0.3 is 18.0 Å². The van der Waals surface area contributed by atoms with Crippen LogP contribution in [0.5, 0.6) is 0 Å². The molecule has 0 atom stereocenters. The fourth-order valence-electron chi connectivity index (χ4n) is 5.42. The topological polar surface area (TPSA) is 207 Å². The second kappa shape index (κ2) is 17.5. The van der Waals surface area contributed by atoms with E-state index in [9.17, 15) is 22.8 Å². The fourth-order valence-corrected chi connectivity index (χ4v) is 6.67. The number of anilines is 3. The Bertz CT molecular complexity index is 2000. The first-order chi connectivity index (χ1) is 25.1. The third kappa shape index (κ3) is 10.6. The Morgan fingerprint density at radius 2 is 1.74 bits per heavy atom. The minimum absolute atomic E-state index is 0.0246. The third-order valence-corrected chi connectivity index (χ3v) is 9.34. The third-order valence-electron chi connectivity index (χ3n) is 7.96. The normalized spacial score (nSPS) is 13.3. The number of ether oxygens (including phenoxy) is 2. The number of benzene rings is 2. The number of hydrogen-bond acceptors (Lipinski definition) is 12. The van der Waals surface area contributed by atoms with Crippen molar-refractivity contribution in [1.29, 1.82) is 0 Å². The number of rotatable bonds is 17. The SMILES string of the molecule is CCCCS(=O)(=O)Nc1cc(C(=O)OCC)cc(-c2nc3n(n2)N=C(C(C)(C)C)/C3=N/c2ccc(N(CC)CCCC(=O)O)cc2NC(=O)OCC)c1. The van der Waals surface area contributed by atoms with Crippen LogP contribution in [0, 0.1) is 5.41 Å². The van der Waals surface area contributed by atoms with Crippen molar-refractivity contribution in [3.8, 4) is 11.4 Å². The molecule has 2 heterocycles. The van der Waals surface area contributed by atoms with Gasteiger partial charge in [-0.05, 0) is 70.0 Å². The molecule has 17 heteroatoms. The van der Waals surface area contributed by atoms with E-state index in [2.05, 4.69) is 15.1 Å². The molecule has 0 saturated heterocycles. The molecule has 0 fully saturated rings. The van der Waals surface area contributed by atoms with Gasteiger partial charge in [-0.15, -0.1) is 9.89 Å². The van der Waals surface area contributed by atoms with Crippen LogP contribution in [0.15, 0.2) is 46.5 Å². The summed E-state index contributed by atoms with van der Waals surface area (Å²) >= 11 is 0. The Labute approximate surface area is 309 Å². The number of carboxylic acids is 1. The number of aliphatic carboxylic acids is 1. The van der Waals surface area contributed by atoms with Crippen LogP contribution in [0.1, 0.15) is 90.3 Å². The van der Waals surface area contributed by atoms with Crippen molar-refractivity contribution in [3.63, 3.8) is 0 Å². The predicted octanol–water partition coefficient (Wildman–Crippen LogP) is 6.31. The minimum Gasteiger partial charge on any atom is -0.481 e. The summed E-state index contributed by atoms with van der Waals surface area (Å²) in [5, 5.41) is 21.2. The highest BCUT2D eigenvalue weighted by Crippen LogP contribution is 2.34. The zero-order valence-corrected chi connectivity index (χ0v) is 32.0. The van der Waals surface area contributed by atoms with Crippen LogP contribution in [0.2, 0.25) is 0 Å². The summed E-state index contributed by atoms with van der Waals surface area (Å²) in [7, 11) is -3.70. The van der Waals surface area contributed by atoms with Gasteiger partial charge in [-0.1, -0.05) is 34.1 Å². The average molecular weight is 753 g/mol. The van der Waals surface area contributed by atoms with Gasteiger partial charge in [-0.25, -0.2) is 28.0 Å². The zero-order chi connectivity index (χ0) is 38.9. The Morgan fingerprint density at radius 3 is 2.38 bits per heavy atom. The summed E-state index contributed by atoms with van der Waals surface area (Å²) < 4.78 is 38.5. The summed E-state index contributed by atoms with van der Waals surface area (Å²) in [5.74, 6) is -1.16. The molecule has 53 heavy (non-hydrogen) atoms. The van der Waals surface area contributed by atoms with E-state index in [1.807, 2.05) is 45.6 Å². The summed E-state index contributed by atoms with van der Waals surface area (Å²) in [6.07, 6.45) is 0.942. The highest BCUT2D eigenvalue weighted by atomic mass is 32.2. The van der Waals surface area contributed by atoms with Gasteiger partial charge in [0.1, 0.15) is 5.71 Å². The highest BCUT2D eigenvalue weighted by Gasteiger charge is 2.35. The quantitative estimate of drug-likeness (QED) is 0.130. The van der Waals surface area contributed by atoms with Crippen molar-refractivity contribution in [2.45, 2.75) is 74.1 Å². The van der Waals surface area contributed by atoms with Crippen LogP contribution >= 0.6 is 0 Å². The van der Waals surface area contributed by atoms with Gasteiger partial charge in [-0.3, -0.25) is 14.8 Å². The number of amides is 1. The van der Waals surface area contributed by atoms with Crippen molar-refractivity contribution < 1.29 is 37.4 Å². The van der Waals surface area contributed by atoms with E-state index in [0.717, 1.165) is 5.69 Å². The predicted molar refractivity (Wildman–Crippen MR) is 204 cm³/mol. The molecule has 0 unspecified atom stereocenters. The van der Waals surface area contributed by atoms with E-state index in [1.165, 1.54) is 16.9 Å². The number of aliphatic imine (C=N–C) groups is 1. The first-order valence-corrected chi connectivity index (χ1v) is 19.3. The first kappa shape index (κ1) is 40.5. The van der Waals surface area contributed by atoms with Crippen LogP contribution < -0.4 is 14.9 Å².